The number of allylic oxidation sites excluding steroid dienone is 1. The van der Waals surface area contributed by atoms with Crippen LogP contribution in [-0.2, 0) is 4.79 Å². The molecule has 0 atom stereocenters. The first-order chi connectivity index (χ1) is 12.0. The van der Waals surface area contributed by atoms with Crippen LogP contribution in [0, 0.1) is 10.8 Å². The standard InChI is InChI=1S/2C6H14O3.C6H10O2/c2*1-2-6(3-7,4-8)5-9;1-4(2)5(3)6(7)8/h2*7-9H,2-5H2,1H3;1-3H3,(H,7,8). The van der Waals surface area contributed by atoms with Crippen LogP contribution in [0.5, 0.6) is 0 Å². The lowest BCUT2D eigenvalue weighted by atomic mass is 9.88. The molecule has 0 aliphatic heterocycles. The molecule has 26 heavy (non-hydrogen) atoms. The molecule has 0 aliphatic carbocycles. The van der Waals surface area contributed by atoms with Gasteiger partial charge in [0.1, 0.15) is 0 Å². The molecule has 0 aromatic heterocycles. The maximum absolute atomic E-state index is 10.1. The smallest absolute Gasteiger partial charge is 0.331 e. The van der Waals surface area contributed by atoms with Crippen molar-refractivity contribution in [1.29, 1.82) is 0 Å². The average Bonchev–Trinajstić information content (AvgIpc) is 2.66. The highest BCUT2D eigenvalue weighted by atomic mass is 16.4. The number of aliphatic hydroxyl groups is 6. The molecule has 0 radical (unpaired) electrons. The highest BCUT2D eigenvalue weighted by molar-refractivity contribution is 5.86. The third-order valence-corrected chi connectivity index (χ3v) is 4.58. The SMILES string of the molecule is CC(C)=C(C)C(=O)O.CCC(CO)(CO)CO.CCC(CO)(CO)CO. The van der Waals surface area contributed by atoms with Crippen LogP contribution in [0.15, 0.2) is 11.1 Å². The number of aliphatic hydroxyl groups excluding tert-OH is 6. The van der Waals surface area contributed by atoms with Crippen molar-refractivity contribution in [2.45, 2.75) is 47.5 Å². The Morgan fingerprint density at radius 1 is 0.654 bits per heavy atom. The molecule has 0 saturated carbocycles. The summed E-state index contributed by atoms with van der Waals surface area (Å²) in [4.78, 5) is 10.1. The number of carboxylic acids is 1. The van der Waals surface area contributed by atoms with E-state index in [1.807, 2.05) is 13.8 Å². The second-order valence-corrected chi connectivity index (χ2v) is 6.59. The fraction of sp³-hybridized carbons (Fsp3) is 0.833. The molecule has 0 aliphatic rings. The topological polar surface area (TPSA) is 159 Å². The summed E-state index contributed by atoms with van der Waals surface area (Å²) < 4.78 is 0. The van der Waals surface area contributed by atoms with Gasteiger partial charge in [0, 0.05) is 16.4 Å². The fourth-order valence-corrected chi connectivity index (χ4v) is 1.18. The van der Waals surface area contributed by atoms with Gasteiger partial charge in [-0.2, -0.15) is 0 Å². The number of carboxylic acid groups (broad SMARTS) is 1. The Bertz CT molecular complexity index is 326. The van der Waals surface area contributed by atoms with Crippen LogP contribution in [0.4, 0.5) is 0 Å². The van der Waals surface area contributed by atoms with E-state index < -0.39 is 16.8 Å². The predicted molar refractivity (Wildman–Crippen MR) is 99.6 cm³/mol. The minimum absolute atomic E-state index is 0.156. The van der Waals surface area contributed by atoms with Gasteiger partial charge in [-0.05, 0) is 33.6 Å². The summed E-state index contributed by atoms with van der Waals surface area (Å²) in [5, 5.41) is 60.2. The van der Waals surface area contributed by atoms with Crippen molar-refractivity contribution in [1.82, 2.24) is 0 Å². The third kappa shape index (κ3) is 11.6. The Morgan fingerprint density at radius 2 is 0.885 bits per heavy atom. The summed E-state index contributed by atoms with van der Waals surface area (Å²) in [5.74, 6) is -0.829. The van der Waals surface area contributed by atoms with Gasteiger partial charge in [0.25, 0.3) is 0 Å². The van der Waals surface area contributed by atoms with Gasteiger partial charge in [0.2, 0.25) is 0 Å². The molecule has 8 heteroatoms. The third-order valence-electron chi connectivity index (χ3n) is 4.58. The first-order valence-corrected chi connectivity index (χ1v) is 8.57. The van der Waals surface area contributed by atoms with Gasteiger partial charge >= 0.3 is 5.97 Å². The van der Waals surface area contributed by atoms with Crippen LogP contribution in [0.2, 0.25) is 0 Å². The molecule has 0 rings (SSSR count). The molecule has 0 aromatic rings. The van der Waals surface area contributed by atoms with Gasteiger partial charge in [-0.1, -0.05) is 19.4 Å². The van der Waals surface area contributed by atoms with E-state index in [4.69, 9.17) is 35.7 Å². The van der Waals surface area contributed by atoms with Crippen LogP contribution in [0.1, 0.15) is 47.5 Å². The van der Waals surface area contributed by atoms with Gasteiger partial charge in [-0.25, -0.2) is 4.79 Å². The molecule has 0 aromatic carbocycles. The van der Waals surface area contributed by atoms with Crippen LogP contribution >= 0.6 is 0 Å². The number of aliphatic carboxylic acids is 1. The van der Waals surface area contributed by atoms with Crippen molar-refractivity contribution in [3.63, 3.8) is 0 Å². The van der Waals surface area contributed by atoms with Crippen molar-refractivity contribution < 1.29 is 40.5 Å². The molecule has 0 fully saturated rings. The molecular formula is C18H38O8. The highest BCUT2D eigenvalue weighted by Crippen LogP contribution is 2.18. The molecule has 0 saturated heterocycles. The van der Waals surface area contributed by atoms with Crippen molar-refractivity contribution in [2.24, 2.45) is 10.8 Å². The second-order valence-electron chi connectivity index (χ2n) is 6.59. The largest absolute Gasteiger partial charge is 0.478 e. The Labute approximate surface area is 156 Å². The Morgan fingerprint density at radius 3 is 0.885 bits per heavy atom. The average molecular weight is 382 g/mol. The van der Waals surface area contributed by atoms with Crippen LogP contribution in [0.3, 0.4) is 0 Å². The maximum Gasteiger partial charge on any atom is 0.331 e. The fourth-order valence-electron chi connectivity index (χ4n) is 1.18. The zero-order valence-electron chi connectivity index (χ0n) is 16.7. The zero-order valence-corrected chi connectivity index (χ0v) is 16.7. The zero-order chi connectivity index (χ0) is 21.4. The molecule has 0 spiro atoms. The summed E-state index contributed by atoms with van der Waals surface area (Å²) in [6.07, 6.45) is 1.19. The highest BCUT2D eigenvalue weighted by Gasteiger charge is 2.25. The van der Waals surface area contributed by atoms with Crippen molar-refractivity contribution >= 4 is 5.97 Å². The minimum atomic E-state index is -0.829. The van der Waals surface area contributed by atoms with Gasteiger partial charge in [0.05, 0.1) is 39.6 Å². The lowest BCUT2D eigenvalue weighted by Crippen LogP contribution is -2.32. The van der Waals surface area contributed by atoms with E-state index in [2.05, 4.69) is 0 Å². The minimum Gasteiger partial charge on any atom is -0.478 e. The summed E-state index contributed by atoms with van der Waals surface area (Å²) >= 11 is 0. The normalized spacial score (nSPS) is 10.9. The quantitative estimate of drug-likeness (QED) is 0.277. The lowest BCUT2D eigenvalue weighted by Gasteiger charge is -2.24. The van der Waals surface area contributed by atoms with Crippen LogP contribution in [0.25, 0.3) is 0 Å². The van der Waals surface area contributed by atoms with Gasteiger partial charge in [-0.3, -0.25) is 0 Å². The van der Waals surface area contributed by atoms with Crippen LogP contribution in [-0.4, -0.2) is 81.4 Å². The van der Waals surface area contributed by atoms with E-state index in [-0.39, 0.29) is 39.6 Å². The number of hydrogen-bond acceptors (Lipinski definition) is 7. The first-order valence-electron chi connectivity index (χ1n) is 8.57. The molecule has 0 heterocycles. The molecular weight excluding hydrogens is 344 g/mol. The molecule has 0 unspecified atom stereocenters. The molecule has 0 amide bonds. The van der Waals surface area contributed by atoms with Gasteiger partial charge < -0.3 is 35.7 Å². The van der Waals surface area contributed by atoms with Crippen LogP contribution < -0.4 is 0 Å². The summed E-state index contributed by atoms with van der Waals surface area (Å²) in [7, 11) is 0. The van der Waals surface area contributed by atoms with Crippen molar-refractivity contribution in [3.8, 4) is 0 Å². The van der Waals surface area contributed by atoms with E-state index in [9.17, 15) is 4.79 Å². The monoisotopic (exact) mass is 382 g/mol. The van der Waals surface area contributed by atoms with E-state index in [0.717, 1.165) is 5.57 Å². The molecule has 8 nitrogen and oxygen atoms in total. The Hall–Kier alpha value is -1.03. The van der Waals surface area contributed by atoms with E-state index in [1.165, 1.54) is 0 Å². The molecule has 158 valence electrons. The predicted octanol–water partition coefficient (Wildman–Crippen LogP) is 0.147. The van der Waals surface area contributed by atoms with Gasteiger partial charge in [0.15, 0.2) is 0 Å². The molecule has 7 N–H and O–H groups in total. The Balaban J connectivity index is -0.000000306. The van der Waals surface area contributed by atoms with Gasteiger partial charge in [-0.15, -0.1) is 0 Å². The Kier molecular flexibility index (Phi) is 18.5. The number of hydrogen-bond donors (Lipinski definition) is 7. The summed E-state index contributed by atoms with van der Waals surface area (Å²) in [5.41, 5.74) is -0.0394. The van der Waals surface area contributed by atoms with Crippen molar-refractivity contribution in [2.75, 3.05) is 39.6 Å². The number of carbonyl (C=O) groups is 1. The maximum atomic E-state index is 10.1. The second kappa shape index (κ2) is 16.2. The lowest BCUT2D eigenvalue weighted by molar-refractivity contribution is -0.132. The van der Waals surface area contributed by atoms with E-state index in [1.54, 1.807) is 20.8 Å². The van der Waals surface area contributed by atoms with Crippen molar-refractivity contribution in [3.05, 3.63) is 11.1 Å². The molecule has 0 bridgehead atoms. The number of rotatable bonds is 9. The summed E-state index contributed by atoms with van der Waals surface area (Å²) in [6.45, 7) is 7.86. The van der Waals surface area contributed by atoms with E-state index >= 15 is 0 Å². The first kappa shape index (κ1) is 29.7. The van der Waals surface area contributed by atoms with E-state index in [0.29, 0.717) is 18.4 Å². The summed E-state index contributed by atoms with van der Waals surface area (Å²) in [6, 6.07) is 0.